The Balaban J connectivity index is 1.58. The van der Waals surface area contributed by atoms with E-state index in [0.717, 1.165) is 48.8 Å². The minimum Gasteiger partial charge on any atom is -0.326 e. The zero-order chi connectivity index (χ0) is 22.0. The highest BCUT2D eigenvalue weighted by Gasteiger charge is 2.30. The molecule has 0 spiro atoms. The Kier molecular flexibility index (Phi) is 6.07. The van der Waals surface area contributed by atoms with Gasteiger partial charge in [0.2, 0.25) is 5.91 Å². The molecular formula is C25H26FN3O2. The topological polar surface area (TPSA) is 70.9 Å². The predicted octanol–water partition coefficient (Wildman–Crippen LogP) is 6.18. The van der Waals surface area contributed by atoms with Crippen molar-refractivity contribution in [3.8, 4) is 11.1 Å². The maximum absolute atomic E-state index is 14.7. The van der Waals surface area contributed by atoms with Crippen molar-refractivity contribution in [3.63, 3.8) is 0 Å². The number of carbonyl (C=O) groups is 2. The number of rotatable bonds is 5. The molecule has 6 heteroatoms. The summed E-state index contributed by atoms with van der Waals surface area (Å²) < 4.78 is 14.7. The molecule has 4 rings (SSSR count). The van der Waals surface area contributed by atoms with Crippen LogP contribution in [0.25, 0.3) is 11.1 Å². The van der Waals surface area contributed by atoms with E-state index in [1.54, 1.807) is 18.2 Å². The normalized spacial score (nSPS) is 19.2. The molecule has 160 valence electrons. The number of halogens is 1. The Bertz CT molecular complexity index is 1090. The van der Waals surface area contributed by atoms with Gasteiger partial charge in [-0.1, -0.05) is 25.1 Å². The lowest BCUT2D eigenvalue weighted by Gasteiger charge is -2.27. The number of azo groups is 1. The number of benzene rings is 2. The SMILES string of the molecule is CC(=O)Nc1cccc(-c2cc(C(C)CC3N=NC(=O)C4=C3CCCC4)ccc2F)c1. The van der Waals surface area contributed by atoms with Crippen LogP contribution in [0.1, 0.15) is 57.4 Å². The first-order valence-electron chi connectivity index (χ1n) is 10.8. The average molecular weight is 420 g/mol. The summed E-state index contributed by atoms with van der Waals surface area (Å²) in [5.41, 5.74) is 4.84. The molecule has 31 heavy (non-hydrogen) atoms. The third-order valence-electron chi connectivity index (χ3n) is 6.09. The van der Waals surface area contributed by atoms with E-state index in [0.29, 0.717) is 16.8 Å². The number of anilines is 1. The molecule has 2 amide bonds. The monoisotopic (exact) mass is 419 g/mol. The second kappa shape index (κ2) is 8.92. The van der Waals surface area contributed by atoms with Crippen LogP contribution in [0.15, 0.2) is 63.8 Å². The van der Waals surface area contributed by atoms with Crippen molar-refractivity contribution in [1.82, 2.24) is 0 Å². The number of carbonyl (C=O) groups excluding carboxylic acids is 2. The smallest absolute Gasteiger partial charge is 0.291 e. The average Bonchev–Trinajstić information content (AvgIpc) is 2.76. The molecule has 0 fully saturated rings. The highest BCUT2D eigenvalue weighted by molar-refractivity contribution is 5.95. The largest absolute Gasteiger partial charge is 0.326 e. The lowest BCUT2D eigenvalue weighted by Crippen LogP contribution is -2.22. The summed E-state index contributed by atoms with van der Waals surface area (Å²) in [6.07, 6.45) is 4.54. The van der Waals surface area contributed by atoms with Crippen molar-refractivity contribution in [2.45, 2.75) is 57.9 Å². The third-order valence-corrected chi connectivity index (χ3v) is 6.09. The van der Waals surface area contributed by atoms with Crippen LogP contribution in [-0.4, -0.2) is 17.9 Å². The quantitative estimate of drug-likeness (QED) is 0.629. The van der Waals surface area contributed by atoms with Gasteiger partial charge in [-0.25, -0.2) is 4.39 Å². The highest BCUT2D eigenvalue weighted by atomic mass is 19.1. The van der Waals surface area contributed by atoms with Gasteiger partial charge in [-0.05, 0) is 79.0 Å². The molecule has 2 aromatic rings. The van der Waals surface area contributed by atoms with Gasteiger partial charge in [-0.3, -0.25) is 9.59 Å². The lowest BCUT2D eigenvalue weighted by atomic mass is 9.82. The molecule has 0 aromatic heterocycles. The van der Waals surface area contributed by atoms with Crippen LogP contribution in [0.2, 0.25) is 0 Å². The molecule has 2 unspecified atom stereocenters. The molecule has 0 saturated heterocycles. The van der Waals surface area contributed by atoms with E-state index in [-0.39, 0.29) is 29.6 Å². The zero-order valence-corrected chi connectivity index (χ0v) is 17.8. The summed E-state index contributed by atoms with van der Waals surface area (Å²) in [6, 6.07) is 12.3. The Morgan fingerprint density at radius 3 is 2.81 bits per heavy atom. The van der Waals surface area contributed by atoms with Crippen LogP contribution >= 0.6 is 0 Å². The molecular weight excluding hydrogens is 393 g/mol. The number of nitrogens with zero attached hydrogens (tertiary/aromatic N) is 2. The summed E-state index contributed by atoms with van der Waals surface area (Å²) in [5.74, 6) is -0.542. The lowest BCUT2D eigenvalue weighted by molar-refractivity contribution is -0.115. The number of amides is 2. The summed E-state index contributed by atoms with van der Waals surface area (Å²) >= 11 is 0. The Hall–Kier alpha value is -3.15. The molecule has 0 saturated carbocycles. The van der Waals surface area contributed by atoms with E-state index in [1.807, 2.05) is 18.2 Å². The van der Waals surface area contributed by atoms with Crippen LogP contribution in [-0.2, 0) is 9.59 Å². The molecule has 2 aromatic carbocycles. The molecule has 2 atom stereocenters. The van der Waals surface area contributed by atoms with E-state index >= 15 is 0 Å². The molecule has 1 heterocycles. The maximum atomic E-state index is 14.7. The summed E-state index contributed by atoms with van der Waals surface area (Å²) in [5, 5.41) is 10.9. The number of nitrogens with one attached hydrogen (secondary N) is 1. The summed E-state index contributed by atoms with van der Waals surface area (Å²) in [4.78, 5) is 23.4. The molecule has 0 bridgehead atoms. The van der Waals surface area contributed by atoms with Crippen LogP contribution in [0.3, 0.4) is 0 Å². The Labute approximate surface area is 181 Å². The first kappa shape index (κ1) is 21.1. The Morgan fingerprint density at radius 2 is 2.00 bits per heavy atom. The van der Waals surface area contributed by atoms with Crippen LogP contribution < -0.4 is 5.32 Å². The minimum atomic E-state index is -0.309. The number of hydrogen-bond donors (Lipinski definition) is 1. The molecule has 1 aliphatic carbocycles. The van der Waals surface area contributed by atoms with Crippen molar-refractivity contribution < 1.29 is 14.0 Å². The summed E-state index contributed by atoms with van der Waals surface area (Å²) in [6.45, 7) is 3.54. The molecule has 1 aliphatic heterocycles. The predicted molar refractivity (Wildman–Crippen MR) is 118 cm³/mol. The summed E-state index contributed by atoms with van der Waals surface area (Å²) in [7, 11) is 0. The van der Waals surface area contributed by atoms with Gasteiger partial charge < -0.3 is 5.32 Å². The highest BCUT2D eigenvalue weighted by Crippen LogP contribution is 2.37. The van der Waals surface area contributed by atoms with Crippen LogP contribution in [0.5, 0.6) is 0 Å². The maximum Gasteiger partial charge on any atom is 0.291 e. The second-order valence-electron chi connectivity index (χ2n) is 8.39. The zero-order valence-electron chi connectivity index (χ0n) is 17.8. The van der Waals surface area contributed by atoms with E-state index in [2.05, 4.69) is 22.5 Å². The van der Waals surface area contributed by atoms with E-state index in [1.165, 1.54) is 13.0 Å². The van der Waals surface area contributed by atoms with Gasteiger partial charge in [0, 0.05) is 23.7 Å². The van der Waals surface area contributed by atoms with E-state index in [4.69, 9.17) is 0 Å². The standard InChI is InChI=1S/C25H26FN3O2/c1-15(12-24-20-8-3-4-9-21(20)25(31)29-28-24)17-10-11-23(26)22(14-17)18-6-5-7-19(13-18)27-16(2)30/h5-7,10-11,13-15,24H,3-4,8-9,12H2,1-2H3,(H,27,30). The fraction of sp³-hybridized carbons (Fsp3) is 0.360. The second-order valence-corrected chi connectivity index (χ2v) is 8.39. The van der Waals surface area contributed by atoms with Gasteiger partial charge in [0.15, 0.2) is 0 Å². The van der Waals surface area contributed by atoms with Crippen LogP contribution in [0, 0.1) is 5.82 Å². The molecule has 1 N–H and O–H groups in total. The molecule has 2 aliphatic rings. The molecule has 5 nitrogen and oxygen atoms in total. The first-order chi connectivity index (χ1) is 14.9. The number of hydrogen-bond acceptors (Lipinski definition) is 3. The van der Waals surface area contributed by atoms with Crippen molar-refractivity contribution in [2.24, 2.45) is 10.2 Å². The van der Waals surface area contributed by atoms with Gasteiger partial charge >= 0.3 is 0 Å². The molecule has 0 radical (unpaired) electrons. The van der Waals surface area contributed by atoms with Gasteiger partial charge in [-0.15, -0.1) is 5.11 Å². The van der Waals surface area contributed by atoms with Gasteiger partial charge in [0.1, 0.15) is 5.82 Å². The van der Waals surface area contributed by atoms with E-state index in [9.17, 15) is 14.0 Å². The van der Waals surface area contributed by atoms with Crippen molar-refractivity contribution in [2.75, 3.05) is 5.32 Å². The minimum absolute atomic E-state index is 0.0837. The van der Waals surface area contributed by atoms with Crippen molar-refractivity contribution in [3.05, 3.63) is 65.0 Å². The fourth-order valence-electron chi connectivity index (χ4n) is 4.49. The van der Waals surface area contributed by atoms with Crippen molar-refractivity contribution in [1.29, 1.82) is 0 Å². The van der Waals surface area contributed by atoms with Crippen molar-refractivity contribution >= 4 is 17.5 Å². The van der Waals surface area contributed by atoms with Crippen LogP contribution in [0.4, 0.5) is 10.1 Å². The third kappa shape index (κ3) is 4.63. The van der Waals surface area contributed by atoms with E-state index < -0.39 is 0 Å². The van der Waals surface area contributed by atoms with Gasteiger partial charge in [0.05, 0.1) is 6.04 Å². The Morgan fingerprint density at radius 1 is 1.19 bits per heavy atom. The van der Waals surface area contributed by atoms with Gasteiger partial charge in [0.25, 0.3) is 5.91 Å². The van der Waals surface area contributed by atoms with Gasteiger partial charge in [-0.2, -0.15) is 5.11 Å². The first-order valence-corrected chi connectivity index (χ1v) is 10.8. The fourth-order valence-corrected chi connectivity index (χ4v) is 4.49.